The van der Waals surface area contributed by atoms with E-state index in [2.05, 4.69) is 45.9 Å². The van der Waals surface area contributed by atoms with Gasteiger partial charge in [0.1, 0.15) is 6.29 Å². The van der Waals surface area contributed by atoms with E-state index in [1.807, 2.05) is 12.1 Å². The molecule has 5 heteroatoms. The summed E-state index contributed by atoms with van der Waals surface area (Å²) < 4.78 is 11.9. The average molecular weight is 453 g/mol. The number of carbonyl (C=O) groups excluding carboxylic acids is 1. The number of hydrogen-bond acceptors (Lipinski definition) is 4. The normalized spacial score (nSPS) is 17.8. The number of aldehydes is 1. The summed E-state index contributed by atoms with van der Waals surface area (Å²) >= 11 is 0. The molecule has 1 unspecified atom stereocenters. The fourth-order valence-corrected chi connectivity index (χ4v) is 5.02. The predicted octanol–water partition coefficient (Wildman–Crippen LogP) is 5.48. The van der Waals surface area contributed by atoms with Crippen molar-refractivity contribution in [1.29, 1.82) is 0 Å². The topological polar surface area (TPSA) is 72.8 Å². The molecular weight excluding hydrogens is 416 g/mol. The summed E-state index contributed by atoms with van der Waals surface area (Å²) in [6, 6.07) is 13.6. The molecule has 1 aliphatic carbocycles. The molecule has 178 valence electrons. The zero-order valence-corrected chi connectivity index (χ0v) is 20.6. The van der Waals surface area contributed by atoms with Gasteiger partial charge in [-0.15, -0.1) is 0 Å². The lowest BCUT2D eigenvalue weighted by molar-refractivity contribution is -0.222. The molecule has 0 aliphatic heterocycles. The molecule has 2 aromatic rings. The van der Waals surface area contributed by atoms with Crippen LogP contribution in [0.1, 0.15) is 80.7 Å². The minimum atomic E-state index is -1.09. The van der Waals surface area contributed by atoms with Gasteiger partial charge >= 0.3 is 5.97 Å². The van der Waals surface area contributed by atoms with E-state index in [-0.39, 0.29) is 17.3 Å². The van der Waals surface area contributed by atoms with E-state index in [0.717, 1.165) is 30.3 Å². The number of fused-ring (bicyclic) bond motifs is 1. The first-order valence-corrected chi connectivity index (χ1v) is 11.5. The van der Waals surface area contributed by atoms with Crippen LogP contribution in [0.3, 0.4) is 0 Å². The highest BCUT2D eigenvalue weighted by Crippen LogP contribution is 2.47. The van der Waals surface area contributed by atoms with Crippen LogP contribution in [0.15, 0.2) is 42.5 Å². The van der Waals surface area contributed by atoms with E-state index in [0.29, 0.717) is 12.0 Å². The van der Waals surface area contributed by atoms with Crippen molar-refractivity contribution >= 4 is 12.3 Å². The maximum Gasteiger partial charge on any atom is 0.307 e. The van der Waals surface area contributed by atoms with Gasteiger partial charge in [-0.25, -0.2) is 0 Å². The molecule has 2 aromatic carbocycles. The molecule has 0 saturated heterocycles. The van der Waals surface area contributed by atoms with Crippen molar-refractivity contribution in [3.8, 4) is 0 Å². The minimum absolute atomic E-state index is 0.0398. The van der Waals surface area contributed by atoms with Crippen LogP contribution < -0.4 is 0 Å². The molecular formula is C28H36O5. The Morgan fingerprint density at radius 1 is 1.00 bits per heavy atom. The van der Waals surface area contributed by atoms with Crippen LogP contribution >= 0.6 is 0 Å². The average Bonchev–Trinajstić information content (AvgIpc) is 2.78. The molecule has 0 bridgehead atoms. The number of carbonyl (C=O) groups is 2. The SMILES string of the molecule is COC(CC(C=O)c1ccc(CC(=O)O)cc1)(OC)c1ccc2c(c1)C(C)(C)CCC2(C)C. The summed E-state index contributed by atoms with van der Waals surface area (Å²) in [5.41, 5.74) is 5.19. The third-order valence-corrected chi connectivity index (χ3v) is 7.37. The lowest BCUT2D eigenvalue weighted by Crippen LogP contribution is -2.37. The highest BCUT2D eigenvalue weighted by atomic mass is 16.7. The van der Waals surface area contributed by atoms with E-state index in [1.54, 1.807) is 26.4 Å². The molecule has 1 aliphatic rings. The molecule has 1 atom stereocenters. The van der Waals surface area contributed by atoms with Gasteiger partial charge in [0.05, 0.1) is 6.42 Å². The molecule has 0 heterocycles. The standard InChI is InChI=1S/C28H36O5/c1-26(2)13-14-27(3,4)24-16-22(11-12-23(24)26)28(32-5,33-6)17-21(18-29)20-9-7-19(8-10-20)15-25(30)31/h7-12,16,18,21H,13-15,17H2,1-6H3,(H,30,31). The number of carboxylic acids is 1. The summed E-state index contributed by atoms with van der Waals surface area (Å²) in [6.07, 6.45) is 3.41. The number of aliphatic carboxylic acids is 1. The second-order valence-electron chi connectivity index (χ2n) is 10.4. The largest absolute Gasteiger partial charge is 0.481 e. The van der Waals surface area contributed by atoms with E-state index < -0.39 is 17.7 Å². The fraction of sp³-hybridized carbons (Fsp3) is 0.500. The molecule has 5 nitrogen and oxygen atoms in total. The van der Waals surface area contributed by atoms with Crippen LogP contribution in [0.5, 0.6) is 0 Å². The molecule has 0 aromatic heterocycles. The predicted molar refractivity (Wildman–Crippen MR) is 129 cm³/mol. The van der Waals surface area contributed by atoms with Crippen molar-refractivity contribution in [3.05, 3.63) is 70.3 Å². The summed E-state index contributed by atoms with van der Waals surface area (Å²) in [7, 11) is 3.21. The van der Waals surface area contributed by atoms with Crippen molar-refractivity contribution in [2.75, 3.05) is 14.2 Å². The Morgan fingerprint density at radius 3 is 2.09 bits per heavy atom. The van der Waals surface area contributed by atoms with Gasteiger partial charge in [-0.3, -0.25) is 4.79 Å². The first-order valence-electron chi connectivity index (χ1n) is 11.5. The number of ether oxygens (including phenoxy) is 2. The summed E-state index contributed by atoms with van der Waals surface area (Å²) in [4.78, 5) is 23.1. The van der Waals surface area contributed by atoms with E-state index in [1.165, 1.54) is 11.1 Å². The second-order valence-corrected chi connectivity index (χ2v) is 10.4. The molecule has 0 amide bonds. The first-order chi connectivity index (χ1) is 15.5. The van der Waals surface area contributed by atoms with Gasteiger partial charge in [-0.1, -0.05) is 64.1 Å². The van der Waals surface area contributed by atoms with Crippen molar-refractivity contribution < 1.29 is 24.2 Å². The smallest absolute Gasteiger partial charge is 0.307 e. The van der Waals surface area contributed by atoms with E-state index >= 15 is 0 Å². The van der Waals surface area contributed by atoms with Gasteiger partial charge in [-0.05, 0) is 52.0 Å². The third-order valence-electron chi connectivity index (χ3n) is 7.37. The zero-order valence-electron chi connectivity index (χ0n) is 20.6. The summed E-state index contributed by atoms with van der Waals surface area (Å²) in [5, 5.41) is 9.00. The van der Waals surface area contributed by atoms with E-state index in [9.17, 15) is 9.59 Å². The van der Waals surface area contributed by atoms with Crippen molar-refractivity contribution in [1.82, 2.24) is 0 Å². The lowest BCUT2D eigenvalue weighted by Gasteiger charge is -2.43. The summed E-state index contributed by atoms with van der Waals surface area (Å²) in [5.74, 6) is -2.44. The zero-order chi connectivity index (χ0) is 24.4. The third kappa shape index (κ3) is 5.04. The monoisotopic (exact) mass is 452 g/mol. The van der Waals surface area contributed by atoms with Crippen LogP contribution in [0.25, 0.3) is 0 Å². The summed E-state index contributed by atoms with van der Waals surface area (Å²) in [6.45, 7) is 9.13. The number of methoxy groups -OCH3 is 2. The van der Waals surface area contributed by atoms with Crippen LogP contribution in [0.2, 0.25) is 0 Å². The highest BCUT2D eigenvalue weighted by molar-refractivity contribution is 5.70. The minimum Gasteiger partial charge on any atom is -0.481 e. The quantitative estimate of drug-likeness (QED) is 0.403. The van der Waals surface area contributed by atoms with Gasteiger partial charge < -0.3 is 19.4 Å². The van der Waals surface area contributed by atoms with Crippen LogP contribution in [-0.2, 0) is 42.1 Å². The molecule has 0 fully saturated rings. The fourth-order valence-electron chi connectivity index (χ4n) is 5.02. The Balaban J connectivity index is 1.98. The lowest BCUT2D eigenvalue weighted by atomic mass is 9.62. The molecule has 0 saturated carbocycles. The van der Waals surface area contributed by atoms with Gasteiger partial charge in [0, 0.05) is 32.1 Å². The first kappa shape index (κ1) is 25.1. The van der Waals surface area contributed by atoms with E-state index in [4.69, 9.17) is 14.6 Å². The Morgan fingerprint density at radius 2 is 1.58 bits per heavy atom. The molecule has 0 radical (unpaired) electrons. The molecule has 1 N–H and O–H groups in total. The van der Waals surface area contributed by atoms with Gasteiger partial charge in [-0.2, -0.15) is 0 Å². The molecule has 33 heavy (non-hydrogen) atoms. The Hall–Kier alpha value is -2.50. The number of hydrogen-bond donors (Lipinski definition) is 1. The maximum atomic E-state index is 12.1. The van der Waals surface area contributed by atoms with Gasteiger partial charge in [0.2, 0.25) is 0 Å². The molecule has 0 spiro atoms. The number of rotatable bonds is 9. The Labute approximate surface area is 197 Å². The van der Waals surface area contributed by atoms with Crippen molar-refractivity contribution in [2.45, 2.75) is 75.9 Å². The van der Waals surface area contributed by atoms with Gasteiger partial charge in [0.15, 0.2) is 5.79 Å². The van der Waals surface area contributed by atoms with Crippen LogP contribution in [0.4, 0.5) is 0 Å². The number of benzene rings is 2. The maximum absolute atomic E-state index is 12.1. The molecule has 3 rings (SSSR count). The second kappa shape index (κ2) is 9.40. The van der Waals surface area contributed by atoms with Crippen molar-refractivity contribution in [2.24, 2.45) is 0 Å². The number of carboxylic acid groups (broad SMARTS) is 1. The van der Waals surface area contributed by atoms with Gasteiger partial charge in [0.25, 0.3) is 0 Å². The van der Waals surface area contributed by atoms with Crippen molar-refractivity contribution in [3.63, 3.8) is 0 Å². The van der Waals surface area contributed by atoms with Crippen LogP contribution in [0, 0.1) is 0 Å². The Kier molecular flexibility index (Phi) is 7.15. The van der Waals surface area contributed by atoms with Crippen LogP contribution in [-0.4, -0.2) is 31.6 Å². The highest BCUT2D eigenvalue weighted by Gasteiger charge is 2.41. The Bertz CT molecular complexity index is 999.